The van der Waals surface area contributed by atoms with Gasteiger partial charge in [0.05, 0.1) is 19.8 Å². The zero-order valence-electron chi connectivity index (χ0n) is 12.4. The molecule has 3 aliphatic rings. The van der Waals surface area contributed by atoms with E-state index >= 15 is 0 Å². The Bertz CT molecular complexity index is 334. The van der Waals surface area contributed by atoms with Crippen LogP contribution in [0.5, 0.6) is 0 Å². The van der Waals surface area contributed by atoms with E-state index in [0.29, 0.717) is 11.6 Å². The fraction of sp³-hybridized carbons (Fsp3) is 0.933. The number of thiocarbonyl (C=S) groups is 1. The van der Waals surface area contributed by atoms with Gasteiger partial charge in [-0.25, -0.2) is 0 Å². The monoisotopic (exact) mass is 298 g/mol. The summed E-state index contributed by atoms with van der Waals surface area (Å²) in [5, 5.41) is 7.79. The van der Waals surface area contributed by atoms with E-state index in [1.165, 1.54) is 44.9 Å². The Kier molecular flexibility index (Phi) is 4.79. The first-order valence-electron chi connectivity index (χ1n) is 8.26. The molecule has 114 valence electrons. The van der Waals surface area contributed by atoms with Crippen molar-refractivity contribution in [3.8, 4) is 0 Å². The summed E-state index contributed by atoms with van der Waals surface area (Å²) in [6.07, 6.45) is 9.37. The lowest BCUT2D eigenvalue weighted by Gasteiger charge is -2.45. The van der Waals surface area contributed by atoms with Crippen LogP contribution in [0.2, 0.25) is 0 Å². The molecular weight excluding hydrogens is 270 g/mol. The largest absolute Gasteiger partial charge is 0.370 e. The van der Waals surface area contributed by atoms with E-state index in [1.54, 1.807) is 4.90 Å². The Labute approximate surface area is 127 Å². The second-order valence-corrected chi connectivity index (χ2v) is 7.07. The minimum Gasteiger partial charge on any atom is -0.370 e. The summed E-state index contributed by atoms with van der Waals surface area (Å²) in [6, 6.07) is 0.646. The molecular formula is C15H28N3OS+. The second-order valence-electron chi connectivity index (χ2n) is 6.66. The van der Waals surface area contributed by atoms with Gasteiger partial charge in [-0.1, -0.05) is 6.42 Å². The van der Waals surface area contributed by atoms with Crippen molar-refractivity contribution < 1.29 is 9.64 Å². The lowest BCUT2D eigenvalue weighted by atomic mass is 9.80. The molecule has 0 aromatic carbocycles. The number of morpholine rings is 1. The number of hydrogen-bond acceptors (Lipinski definition) is 2. The second kappa shape index (κ2) is 6.58. The third-order valence-electron chi connectivity index (χ3n) is 5.16. The molecule has 0 atom stereocenters. The standard InChI is InChI=1S/C15H27N3OS/c20-14(17-13-4-5-13)16-12-15(6-2-1-3-7-15)18-8-10-19-11-9-18/h13H,1-12H2,(H2,16,17,20)/p+1. The Morgan fingerprint density at radius 1 is 1.15 bits per heavy atom. The molecule has 2 aliphatic carbocycles. The first kappa shape index (κ1) is 14.5. The first-order valence-corrected chi connectivity index (χ1v) is 8.67. The van der Waals surface area contributed by atoms with E-state index < -0.39 is 0 Å². The van der Waals surface area contributed by atoms with Crippen LogP contribution in [-0.2, 0) is 4.74 Å². The molecule has 0 spiro atoms. The van der Waals surface area contributed by atoms with E-state index in [1.807, 2.05) is 0 Å². The lowest BCUT2D eigenvalue weighted by molar-refractivity contribution is -0.960. The molecule has 0 radical (unpaired) electrons. The van der Waals surface area contributed by atoms with Gasteiger partial charge < -0.3 is 20.3 Å². The van der Waals surface area contributed by atoms with Gasteiger partial charge in [0.15, 0.2) is 5.11 Å². The molecule has 0 aromatic heterocycles. The maximum Gasteiger partial charge on any atom is 0.166 e. The van der Waals surface area contributed by atoms with Gasteiger partial charge in [-0.15, -0.1) is 0 Å². The van der Waals surface area contributed by atoms with Gasteiger partial charge in [0, 0.05) is 18.9 Å². The summed E-state index contributed by atoms with van der Waals surface area (Å²) < 4.78 is 5.54. The predicted molar refractivity (Wildman–Crippen MR) is 84.1 cm³/mol. The molecule has 0 unspecified atom stereocenters. The van der Waals surface area contributed by atoms with Gasteiger partial charge in [-0.2, -0.15) is 0 Å². The molecule has 3 rings (SSSR count). The van der Waals surface area contributed by atoms with E-state index in [2.05, 4.69) is 10.6 Å². The van der Waals surface area contributed by atoms with Crippen molar-refractivity contribution in [3.05, 3.63) is 0 Å². The highest BCUT2D eigenvalue weighted by atomic mass is 32.1. The molecule has 2 saturated carbocycles. The molecule has 1 heterocycles. The fourth-order valence-electron chi connectivity index (χ4n) is 3.75. The minimum atomic E-state index is 0.386. The van der Waals surface area contributed by atoms with Gasteiger partial charge in [0.25, 0.3) is 0 Å². The molecule has 1 aliphatic heterocycles. The molecule has 0 bridgehead atoms. The molecule has 5 heteroatoms. The molecule has 4 nitrogen and oxygen atoms in total. The van der Waals surface area contributed by atoms with Gasteiger partial charge in [-0.3, -0.25) is 0 Å². The average molecular weight is 298 g/mol. The predicted octanol–water partition coefficient (Wildman–Crippen LogP) is 0.231. The van der Waals surface area contributed by atoms with E-state index in [-0.39, 0.29) is 0 Å². The van der Waals surface area contributed by atoms with E-state index in [4.69, 9.17) is 17.0 Å². The van der Waals surface area contributed by atoms with Gasteiger partial charge in [0.1, 0.15) is 18.6 Å². The smallest absolute Gasteiger partial charge is 0.166 e. The Hall–Kier alpha value is -0.390. The normalized spacial score (nSPS) is 27.0. The van der Waals surface area contributed by atoms with Gasteiger partial charge >= 0.3 is 0 Å². The van der Waals surface area contributed by atoms with Gasteiger partial charge in [0.2, 0.25) is 0 Å². The van der Waals surface area contributed by atoms with Crippen molar-refractivity contribution in [2.24, 2.45) is 0 Å². The third-order valence-corrected chi connectivity index (χ3v) is 5.42. The van der Waals surface area contributed by atoms with Crippen LogP contribution < -0.4 is 15.5 Å². The summed E-state index contributed by atoms with van der Waals surface area (Å²) in [4.78, 5) is 1.74. The highest BCUT2D eigenvalue weighted by Crippen LogP contribution is 2.25. The summed E-state index contributed by atoms with van der Waals surface area (Å²) in [5.41, 5.74) is 0.386. The van der Waals surface area contributed by atoms with Crippen molar-refractivity contribution in [1.29, 1.82) is 0 Å². The summed E-state index contributed by atoms with van der Waals surface area (Å²) in [7, 11) is 0. The Morgan fingerprint density at radius 2 is 1.85 bits per heavy atom. The third kappa shape index (κ3) is 3.62. The van der Waals surface area contributed by atoms with Crippen molar-refractivity contribution in [2.75, 3.05) is 32.8 Å². The zero-order valence-corrected chi connectivity index (χ0v) is 13.2. The molecule has 3 N–H and O–H groups in total. The number of hydrogen-bond donors (Lipinski definition) is 3. The van der Waals surface area contributed by atoms with Crippen LogP contribution in [0.25, 0.3) is 0 Å². The van der Waals surface area contributed by atoms with Crippen molar-refractivity contribution in [2.45, 2.75) is 56.5 Å². The molecule has 20 heavy (non-hydrogen) atoms. The summed E-state index contributed by atoms with van der Waals surface area (Å²) >= 11 is 5.43. The fourth-order valence-corrected chi connectivity index (χ4v) is 3.98. The summed E-state index contributed by atoms with van der Waals surface area (Å²) in [5.74, 6) is 0. The number of rotatable bonds is 4. The van der Waals surface area contributed by atoms with Crippen molar-refractivity contribution >= 4 is 17.3 Å². The Balaban J connectivity index is 1.57. The van der Waals surface area contributed by atoms with Crippen LogP contribution in [0, 0.1) is 0 Å². The molecule has 1 saturated heterocycles. The molecule has 3 fully saturated rings. The zero-order chi connectivity index (χ0) is 13.8. The van der Waals surface area contributed by atoms with Crippen LogP contribution in [0.4, 0.5) is 0 Å². The topological polar surface area (TPSA) is 37.7 Å². The van der Waals surface area contributed by atoms with Crippen LogP contribution in [0.15, 0.2) is 0 Å². The highest BCUT2D eigenvalue weighted by Gasteiger charge is 2.42. The van der Waals surface area contributed by atoms with E-state index in [9.17, 15) is 0 Å². The average Bonchev–Trinajstić information content (AvgIpc) is 3.31. The van der Waals surface area contributed by atoms with Crippen LogP contribution in [-0.4, -0.2) is 49.5 Å². The molecule has 0 amide bonds. The first-order chi connectivity index (χ1) is 9.78. The number of nitrogens with one attached hydrogen (secondary N) is 3. The van der Waals surface area contributed by atoms with Crippen LogP contribution in [0.1, 0.15) is 44.9 Å². The Morgan fingerprint density at radius 3 is 2.50 bits per heavy atom. The maximum atomic E-state index is 5.54. The van der Waals surface area contributed by atoms with Crippen LogP contribution in [0.3, 0.4) is 0 Å². The van der Waals surface area contributed by atoms with Gasteiger partial charge in [-0.05, 0) is 37.9 Å². The minimum absolute atomic E-state index is 0.386. The van der Waals surface area contributed by atoms with Crippen molar-refractivity contribution in [3.63, 3.8) is 0 Å². The maximum absolute atomic E-state index is 5.54. The number of ether oxygens (including phenoxy) is 1. The van der Waals surface area contributed by atoms with E-state index in [0.717, 1.165) is 38.0 Å². The quantitative estimate of drug-likeness (QED) is 0.650. The highest BCUT2D eigenvalue weighted by molar-refractivity contribution is 7.80. The lowest BCUT2D eigenvalue weighted by Crippen LogP contribution is -3.23. The molecule has 0 aromatic rings. The van der Waals surface area contributed by atoms with Crippen LogP contribution >= 0.6 is 12.2 Å². The number of quaternary nitrogens is 1. The van der Waals surface area contributed by atoms with Crippen molar-refractivity contribution in [1.82, 2.24) is 10.6 Å². The SMILES string of the molecule is S=C(NCC1([NH+]2CCOCC2)CCCCC1)NC1CC1. The summed E-state index contributed by atoms with van der Waals surface area (Å²) in [6.45, 7) is 5.18.